The molecule has 2 aromatic carbocycles. The van der Waals surface area contributed by atoms with Crippen LogP contribution in [-0.4, -0.2) is 21.7 Å². The molecule has 0 aliphatic rings. The van der Waals surface area contributed by atoms with Gasteiger partial charge in [0, 0.05) is 23.6 Å². The minimum Gasteiger partial charge on any atom is -0.487 e. The number of fused-ring (bicyclic) bond motifs is 1. The number of anilines is 1. The van der Waals surface area contributed by atoms with Gasteiger partial charge < -0.3 is 19.2 Å². The Kier molecular flexibility index (Phi) is 5.48. The van der Waals surface area contributed by atoms with Gasteiger partial charge in [0.15, 0.2) is 0 Å². The number of halogens is 3. The van der Waals surface area contributed by atoms with Crippen LogP contribution in [0.25, 0.3) is 5.65 Å². The second-order valence-corrected chi connectivity index (χ2v) is 6.54. The van der Waals surface area contributed by atoms with Gasteiger partial charge in [-0.3, -0.25) is 4.79 Å². The summed E-state index contributed by atoms with van der Waals surface area (Å²) in [7, 11) is 0. The van der Waals surface area contributed by atoms with E-state index in [9.17, 15) is 18.0 Å². The molecule has 2 heterocycles. The van der Waals surface area contributed by atoms with Gasteiger partial charge in [0.2, 0.25) is 0 Å². The summed E-state index contributed by atoms with van der Waals surface area (Å²) in [5, 5.41) is 2.61. The Morgan fingerprint density at radius 1 is 0.968 bits per heavy atom. The third-order valence-corrected chi connectivity index (χ3v) is 4.26. The number of nitrogens with zero attached hydrogens (tertiary/aromatic N) is 2. The highest BCUT2D eigenvalue weighted by Crippen LogP contribution is 2.24. The molecule has 4 aromatic rings. The van der Waals surface area contributed by atoms with E-state index in [0.717, 1.165) is 23.5 Å². The van der Waals surface area contributed by atoms with Gasteiger partial charge in [-0.15, -0.1) is 13.2 Å². The number of alkyl halides is 3. The van der Waals surface area contributed by atoms with Crippen molar-refractivity contribution in [1.29, 1.82) is 0 Å². The van der Waals surface area contributed by atoms with E-state index in [0.29, 0.717) is 17.0 Å². The standard InChI is InChI=1S/C22H16F3N3O3/c23-22(24,25)31-19-10-6-16(7-11-19)27-21(29)15-4-8-18(9-5-15)30-14-17-13-28-12-2-1-3-20(28)26-17/h1-13H,14H2,(H,27,29). The number of nitrogens with one attached hydrogen (secondary N) is 1. The Balaban J connectivity index is 1.33. The molecule has 1 amide bonds. The number of hydrogen-bond acceptors (Lipinski definition) is 4. The van der Waals surface area contributed by atoms with Crippen molar-refractivity contribution in [2.45, 2.75) is 13.0 Å². The fourth-order valence-electron chi connectivity index (χ4n) is 2.86. The number of aromatic nitrogens is 2. The van der Waals surface area contributed by atoms with Crippen molar-refractivity contribution in [2.24, 2.45) is 0 Å². The minimum atomic E-state index is -4.76. The number of carbonyl (C=O) groups is 1. The van der Waals surface area contributed by atoms with Crippen molar-refractivity contribution in [3.05, 3.63) is 90.4 Å². The maximum atomic E-state index is 12.3. The molecule has 158 valence electrons. The average Bonchev–Trinajstić information content (AvgIpc) is 3.16. The van der Waals surface area contributed by atoms with Gasteiger partial charge >= 0.3 is 6.36 Å². The molecule has 4 rings (SSSR count). The molecule has 0 fully saturated rings. The highest BCUT2D eigenvalue weighted by Gasteiger charge is 2.30. The van der Waals surface area contributed by atoms with E-state index < -0.39 is 12.3 Å². The minimum absolute atomic E-state index is 0.277. The van der Waals surface area contributed by atoms with E-state index in [2.05, 4.69) is 15.0 Å². The molecule has 2 aromatic heterocycles. The molecule has 0 atom stereocenters. The zero-order chi connectivity index (χ0) is 21.8. The molecular weight excluding hydrogens is 411 g/mol. The number of pyridine rings is 1. The SMILES string of the molecule is O=C(Nc1ccc(OC(F)(F)F)cc1)c1ccc(OCc2cn3ccccc3n2)cc1. The molecule has 1 N–H and O–H groups in total. The first-order valence-corrected chi connectivity index (χ1v) is 9.18. The van der Waals surface area contributed by atoms with E-state index >= 15 is 0 Å². The van der Waals surface area contributed by atoms with Gasteiger partial charge in [-0.1, -0.05) is 6.07 Å². The van der Waals surface area contributed by atoms with Crippen molar-refractivity contribution in [2.75, 3.05) is 5.32 Å². The number of benzene rings is 2. The number of rotatable bonds is 6. The van der Waals surface area contributed by atoms with E-state index in [1.54, 1.807) is 24.3 Å². The molecular formula is C22H16F3N3O3. The van der Waals surface area contributed by atoms with Crippen LogP contribution in [0.3, 0.4) is 0 Å². The van der Waals surface area contributed by atoms with Crippen LogP contribution < -0.4 is 14.8 Å². The van der Waals surface area contributed by atoms with Gasteiger partial charge in [0.1, 0.15) is 23.8 Å². The van der Waals surface area contributed by atoms with E-state index in [4.69, 9.17) is 4.74 Å². The van der Waals surface area contributed by atoms with Crippen LogP contribution in [0.4, 0.5) is 18.9 Å². The van der Waals surface area contributed by atoms with Crippen LogP contribution >= 0.6 is 0 Å². The fourth-order valence-corrected chi connectivity index (χ4v) is 2.86. The van der Waals surface area contributed by atoms with Crippen LogP contribution in [0.15, 0.2) is 79.1 Å². The predicted octanol–water partition coefficient (Wildman–Crippen LogP) is 5.06. The lowest BCUT2D eigenvalue weighted by molar-refractivity contribution is -0.274. The van der Waals surface area contributed by atoms with Crippen LogP contribution in [0, 0.1) is 0 Å². The van der Waals surface area contributed by atoms with Crippen molar-refractivity contribution in [3.8, 4) is 11.5 Å². The summed E-state index contributed by atoms with van der Waals surface area (Å²) in [5.41, 5.74) is 2.31. The van der Waals surface area contributed by atoms with E-state index in [1.807, 2.05) is 35.0 Å². The summed E-state index contributed by atoms with van der Waals surface area (Å²) in [4.78, 5) is 16.8. The van der Waals surface area contributed by atoms with Crippen LogP contribution in [0.5, 0.6) is 11.5 Å². The number of ether oxygens (including phenoxy) is 2. The number of hydrogen-bond donors (Lipinski definition) is 1. The van der Waals surface area contributed by atoms with Crippen molar-refractivity contribution in [3.63, 3.8) is 0 Å². The molecule has 6 nitrogen and oxygen atoms in total. The van der Waals surface area contributed by atoms with Crippen LogP contribution in [-0.2, 0) is 6.61 Å². The lowest BCUT2D eigenvalue weighted by Gasteiger charge is -2.10. The van der Waals surface area contributed by atoms with E-state index in [-0.39, 0.29) is 12.4 Å². The second-order valence-electron chi connectivity index (χ2n) is 6.54. The summed E-state index contributed by atoms with van der Waals surface area (Å²) in [6.07, 6.45) is -0.988. The Bertz CT molecular complexity index is 1150. The highest BCUT2D eigenvalue weighted by molar-refractivity contribution is 6.04. The zero-order valence-electron chi connectivity index (χ0n) is 16.0. The first-order chi connectivity index (χ1) is 14.9. The maximum Gasteiger partial charge on any atom is 0.573 e. The zero-order valence-corrected chi connectivity index (χ0v) is 16.0. The Morgan fingerprint density at radius 3 is 2.35 bits per heavy atom. The molecule has 0 saturated heterocycles. The summed E-state index contributed by atoms with van der Waals surface area (Å²) in [5.74, 6) is -0.198. The number of amides is 1. The molecule has 9 heteroatoms. The average molecular weight is 427 g/mol. The summed E-state index contributed by atoms with van der Waals surface area (Å²) >= 11 is 0. The Labute approximate surface area is 174 Å². The first-order valence-electron chi connectivity index (χ1n) is 9.18. The van der Waals surface area contributed by atoms with Gasteiger partial charge in [0.05, 0.1) is 5.69 Å². The number of carbonyl (C=O) groups excluding carboxylic acids is 1. The molecule has 0 saturated carbocycles. The Morgan fingerprint density at radius 2 is 1.68 bits per heavy atom. The van der Waals surface area contributed by atoms with Crippen molar-refractivity contribution in [1.82, 2.24) is 9.38 Å². The van der Waals surface area contributed by atoms with Crippen molar-refractivity contribution < 1.29 is 27.4 Å². The van der Waals surface area contributed by atoms with Gasteiger partial charge in [-0.05, 0) is 60.7 Å². The quantitative estimate of drug-likeness (QED) is 0.467. The smallest absolute Gasteiger partial charge is 0.487 e. The van der Waals surface area contributed by atoms with Gasteiger partial charge in [0.25, 0.3) is 5.91 Å². The fraction of sp³-hybridized carbons (Fsp3) is 0.0909. The molecule has 0 unspecified atom stereocenters. The van der Waals surface area contributed by atoms with E-state index in [1.165, 1.54) is 12.1 Å². The highest BCUT2D eigenvalue weighted by atomic mass is 19.4. The lowest BCUT2D eigenvalue weighted by Crippen LogP contribution is -2.17. The monoisotopic (exact) mass is 427 g/mol. The summed E-state index contributed by atoms with van der Waals surface area (Å²) in [6, 6.07) is 17.1. The molecule has 0 aliphatic heterocycles. The van der Waals surface area contributed by atoms with Crippen LogP contribution in [0.2, 0.25) is 0 Å². The van der Waals surface area contributed by atoms with Crippen LogP contribution in [0.1, 0.15) is 16.1 Å². The van der Waals surface area contributed by atoms with Gasteiger partial charge in [-0.25, -0.2) is 4.98 Å². The lowest BCUT2D eigenvalue weighted by atomic mass is 10.2. The second kappa shape index (κ2) is 8.39. The molecule has 31 heavy (non-hydrogen) atoms. The van der Waals surface area contributed by atoms with Gasteiger partial charge in [-0.2, -0.15) is 0 Å². The molecule has 0 radical (unpaired) electrons. The molecule has 0 aliphatic carbocycles. The number of imidazole rings is 1. The molecule has 0 spiro atoms. The third-order valence-electron chi connectivity index (χ3n) is 4.26. The third kappa shape index (κ3) is 5.33. The topological polar surface area (TPSA) is 64.9 Å². The summed E-state index contributed by atoms with van der Waals surface area (Å²) in [6.45, 7) is 0.277. The van der Waals surface area contributed by atoms with Crippen molar-refractivity contribution >= 4 is 17.2 Å². The Hall–Kier alpha value is -4.01. The predicted molar refractivity (Wildman–Crippen MR) is 107 cm³/mol. The first kappa shape index (κ1) is 20.3. The maximum absolute atomic E-state index is 12.3. The normalized spacial score (nSPS) is 11.3. The summed E-state index contributed by atoms with van der Waals surface area (Å²) < 4.78 is 48.0. The largest absolute Gasteiger partial charge is 0.573 e. The molecule has 0 bridgehead atoms.